The molecule has 7 heteroatoms. The van der Waals surface area contributed by atoms with Gasteiger partial charge in [-0.15, -0.1) is 0 Å². The number of aromatic nitrogens is 1. The van der Waals surface area contributed by atoms with Crippen LogP contribution in [0.15, 0.2) is 42.6 Å². The lowest BCUT2D eigenvalue weighted by Crippen LogP contribution is -2.28. The van der Waals surface area contributed by atoms with E-state index >= 15 is 0 Å². The van der Waals surface area contributed by atoms with Crippen LogP contribution in [0.1, 0.15) is 34.5 Å². The molecule has 1 aromatic carbocycles. The summed E-state index contributed by atoms with van der Waals surface area (Å²) in [4.78, 5) is 19.7. The van der Waals surface area contributed by atoms with E-state index in [1.165, 1.54) is 11.0 Å². The van der Waals surface area contributed by atoms with Gasteiger partial charge in [0, 0.05) is 38.6 Å². The van der Waals surface area contributed by atoms with Crippen molar-refractivity contribution in [1.82, 2.24) is 9.88 Å². The number of rotatable bonds is 4. The first kappa shape index (κ1) is 18.2. The van der Waals surface area contributed by atoms with Gasteiger partial charge in [0.25, 0.3) is 5.91 Å². The molecular weight excluding hydrogens is 343 g/mol. The van der Waals surface area contributed by atoms with Crippen LogP contribution in [-0.2, 0) is 12.7 Å². The Labute approximate surface area is 150 Å². The summed E-state index contributed by atoms with van der Waals surface area (Å²) in [5.74, 6) is -0.359. The highest BCUT2D eigenvalue weighted by atomic mass is 19.4. The van der Waals surface area contributed by atoms with Crippen LogP contribution in [0.3, 0.4) is 0 Å². The first-order valence-corrected chi connectivity index (χ1v) is 8.48. The standard InChI is InChI=1S/C19H20F3N3O/c1-24(18(26)14-8-9-17(23-12-14)19(20,21)22)13-15-6-2-3-7-16(15)25-10-4-5-11-25/h2-3,6-9,12H,4-5,10-11,13H2,1H3. The van der Waals surface area contributed by atoms with Gasteiger partial charge in [-0.1, -0.05) is 18.2 Å². The Morgan fingerprint density at radius 2 is 1.85 bits per heavy atom. The van der Waals surface area contributed by atoms with Crippen molar-refractivity contribution < 1.29 is 18.0 Å². The number of alkyl halides is 3. The third kappa shape index (κ3) is 3.98. The Morgan fingerprint density at radius 3 is 2.46 bits per heavy atom. The number of hydrogen-bond donors (Lipinski definition) is 0. The smallest absolute Gasteiger partial charge is 0.371 e. The minimum atomic E-state index is -4.51. The first-order valence-electron chi connectivity index (χ1n) is 8.48. The number of amides is 1. The Bertz CT molecular complexity index is 768. The first-order chi connectivity index (χ1) is 12.4. The Kier molecular flexibility index (Phi) is 5.15. The maximum absolute atomic E-state index is 12.6. The average molecular weight is 363 g/mol. The third-order valence-electron chi connectivity index (χ3n) is 4.49. The molecule has 1 fully saturated rings. The van der Waals surface area contributed by atoms with Gasteiger partial charge in [0.15, 0.2) is 0 Å². The zero-order chi connectivity index (χ0) is 18.7. The molecule has 0 saturated carbocycles. The second-order valence-corrected chi connectivity index (χ2v) is 6.41. The lowest BCUT2D eigenvalue weighted by molar-refractivity contribution is -0.141. The van der Waals surface area contributed by atoms with Crippen molar-refractivity contribution in [2.75, 3.05) is 25.0 Å². The lowest BCUT2D eigenvalue weighted by atomic mass is 10.1. The molecule has 0 atom stereocenters. The van der Waals surface area contributed by atoms with Crippen molar-refractivity contribution in [3.8, 4) is 0 Å². The topological polar surface area (TPSA) is 36.4 Å². The van der Waals surface area contributed by atoms with Crippen LogP contribution in [-0.4, -0.2) is 35.9 Å². The van der Waals surface area contributed by atoms with Crippen LogP contribution < -0.4 is 4.90 Å². The Morgan fingerprint density at radius 1 is 1.15 bits per heavy atom. The highest BCUT2D eigenvalue weighted by molar-refractivity contribution is 5.93. The van der Waals surface area contributed by atoms with Crippen LogP contribution >= 0.6 is 0 Å². The van der Waals surface area contributed by atoms with Gasteiger partial charge < -0.3 is 9.80 Å². The molecule has 1 aromatic heterocycles. The van der Waals surface area contributed by atoms with Gasteiger partial charge in [0.1, 0.15) is 5.69 Å². The second-order valence-electron chi connectivity index (χ2n) is 6.41. The molecule has 0 spiro atoms. The van der Waals surface area contributed by atoms with E-state index in [1.807, 2.05) is 24.3 Å². The van der Waals surface area contributed by atoms with E-state index in [-0.39, 0.29) is 11.5 Å². The molecular formula is C19H20F3N3O. The van der Waals surface area contributed by atoms with Gasteiger partial charge in [0.05, 0.1) is 5.56 Å². The van der Waals surface area contributed by atoms with E-state index in [9.17, 15) is 18.0 Å². The van der Waals surface area contributed by atoms with Crippen molar-refractivity contribution in [2.24, 2.45) is 0 Å². The van der Waals surface area contributed by atoms with Crippen molar-refractivity contribution in [1.29, 1.82) is 0 Å². The largest absolute Gasteiger partial charge is 0.433 e. The van der Waals surface area contributed by atoms with E-state index in [0.717, 1.165) is 49.4 Å². The van der Waals surface area contributed by atoms with Gasteiger partial charge in [-0.05, 0) is 36.6 Å². The number of nitrogens with zero attached hydrogens (tertiary/aromatic N) is 3. The molecule has 0 unspecified atom stereocenters. The summed E-state index contributed by atoms with van der Waals surface area (Å²) in [6, 6.07) is 9.91. The molecule has 0 N–H and O–H groups in total. The maximum Gasteiger partial charge on any atom is 0.433 e. The van der Waals surface area contributed by atoms with Gasteiger partial charge in [-0.2, -0.15) is 13.2 Å². The quantitative estimate of drug-likeness (QED) is 0.825. The van der Waals surface area contributed by atoms with E-state index < -0.39 is 11.9 Å². The van der Waals surface area contributed by atoms with Crippen molar-refractivity contribution in [2.45, 2.75) is 25.6 Å². The van der Waals surface area contributed by atoms with Gasteiger partial charge >= 0.3 is 6.18 Å². The normalized spacial score (nSPS) is 14.5. The molecule has 138 valence electrons. The van der Waals surface area contributed by atoms with E-state index in [4.69, 9.17) is 0 Å². The minimum absolute atomic E-state index is 0.138. The number of hydrogen-bond acceptors (Lipinski definition) is 3. The van der Waals surface area contributed by atoms with Crippen LogP contribution in [0.4, 0.5) is 18.9 Å². The number of halogens is 3. The average Bonchev–Trinajstić information content (AvgIpc) is 3.15. The van der Waals surface area contributed by atoms with Crippen molar-refractivity contribution in [3.05, 3.63) is 59.4 Å². The summed E-state index contributed by atoms with van der Waals surface area (Å²) >= 11 is 0. The molecule has 4 nitrogen and oxygen atoms in total. The minimum Gasteiger partial charge on any atom is -0.371 e. The fraction of sp³-hybridized carbons (Fsp3) is 0.368. The van der Waals surface area contributed by atoms with Gasteiger partial charge in [0.2, 0.25) is 0 Å². The zero-order valence-electron chi connectivity index (χ0n) is 14.5. The molecule has 1 saturated heterocycles. The number of benzene rings is 1. The summed E-state index contributed by atoms with van der Waals surface area (Å²) < 4.78 is 37.8. The molecule has 1 aliphatic heterocycles. The molecule has 2 heterocycles. The molecule has 0 aliphatic carbocycles. The van der Waals surface area contributed by atoms with E-state index in [0.29, 0.717) is 6.54 Å². The molecule has 1 amide bonds. The van der Waals surface area contributed by atoms with Crippen molar-refractivity contribution >= 4 is 11.6 Å². The second kappa shape index (κ2) is 7.35. The number of carbonyl (C=O) groups excluding carboxylic acids is 1. The van der Waals surface area contributed by atoms with Crippen molar-refractivity contribution in [3.63, 3.8) is 0 Å². The monoisotopic (exact) mass is 363 g/mol. The van der Waals surface area contributed by atoms with Crippen LogP contribution in [0.5, 0.6) is 0 Å². The number of para-hydroxylation sites is 1. The van der Waals surface area contributed by atoms with Gasteiger partial charge in [-0.3, -0.25) is 9.78 Å². The fourth-order valence-electron chi connectivity index (χ4n) is 3.15. The van der Waals surface area contributed by atoms with E-state index in [2.05, 4.69) is 9.88 Å². The zero-order valence-corrected chi connectivity index (χ0v) is 14.5. The molecule has 0 radical (unpaired) electrons. The summed E-state index contributed by atoms with van der Waals surface area (Å²) in [6.07, 6.45) is -1.23. The molecule has 2 aromatic rings. The Balaban J connectivity index is 1.74. The summed E-state index contributed by atoms with van der Waals surface area (Å²) in [5, 5.41) is 0. The number of anilines is 1. The molecule has 26 heavy (non-hydrogen) atoms. The fourth-order valence-corrected chi connectivity index (χ4v) is 3.15. The van der Waals surface area contributed by atoms with Crippen LogP contribution in [0.25, 0.3) is 0 Å². The lowest BCUT2D eigenvalue weighted by Gasteiger charge is -2.24. The predicted octanol–water partition coefficient (Wildman–Crippen LogP) is 3.97. The maximum atomic E-state index is 12.6. The predicted molar refractivity (Wildman–Crippen MR) is 92.9 cm³/mol. The highest BCUT2D eigenvalue weighted by Crippen LogP contribution is 2.28. The van der Waals surface area contributed by atoms with Crippen LogP contribution in [0, 0.1) is 0 Å². The highest BCUT2D eigenvalue weighted by Gasteiger charge is 2.32. The third-order valence-corrected chi connectivity index (χ3v) is 4.49. The SMILES string of the molecule is CN(Cc1ccccc1N1CCCC1)C(=O)c1ccc(C(F)(F)F)nc1. The van der Waals surface area contributed by atoms with E-state index in [1.54, 1.807) is 7.05 Å². The summed E-state index contributed by atoms with van der Waals surface area (Å²) in [5.41, 5.74) is 1.26. The molecule has 3 rings (SSSR count). The summed E-state index contributed by atoms with van der Waals surface area (Å²) in [7, 11) is 1.64. The molecule has 1 aliphatic rings. The molecule has 0 bridgehead atoms. The number of pyridine rings is 1. The summed E-state index contributed by atoms with van der Waals surface area (Å²) in [6.45, 7) is 2.38. The van der Waals surface area contributed by atoms with Crippen LogP contribution in [0.2, 0.25) is 0 Å². The van der Waals surface area contributed by atoms with Gasteiger partial charge in [-0.25, -0.2) is 0 Å². The number of carbonyl (C=O) groups is 1. The Hall–Kier alpha value is -2.57.